The molecule has 0 aliphatic rings. The Morgan fingerprint density at radius 2 is 2.18 bits per heavy atom. The van der Waals surface area contributed by atoms with Gasteiger partial charge in [-0.2, -0.15) is 5.10 Å². The first kappa shape index (κ1) is 13.7. The molecule has 1 aromatic heterocycles. The molecule has 0 spiro atoms. The number of aromatic nitrogens is 2. The molecule has 0 aromatic carbocycles. The molecule has 1 heterocycles. The third-order valence-corrected chi connectivity index (χ3v) is 2.42. The average molecular weight is 238 g/mol. The lowest BCUT2D eigenvalue weighted by Crippen LogP contribution is -2.45. The zero-order valence-electron chi connectivity index (χ0n) is 11.0. The number of nitrogens with zero attached hydrogens (tertiary/aromatic N) is 2. The van der Waals surface area contributed by atoms with Crippen molar-refractivity contribution in [2.45, 2.75) is 39.3 Å². The van der Waals surface area contributed by atoms with Gasteiger partial charge in [0.2, 0.25) is 5.91 Å². The van der Waals surface area contributed by atoms with Crippen molar-refractivity contribution in [1.82, 2.24) is 20.4 Å². The van der Waals surface area contributed by atoms with E-state index in [1.54, 1.807) is 4.68 Å². The SMILES string of the molecule is CC(C)NC(=O)C(C)NCCc1ccn(C)n1. The lowest BCUT2D eigenvalue weighted by Gasteiger charge is -2.15. The first-order chi connectivity index (χ1) is 7.99. The van der Waals surface area contributed by atoms with E-state index in [9.17, 15) is 4.79 Å². The summed E-state index contributed by atoms with van der Waals surface area (Å²) in [6, 6.07) is 2.00. The summed E-state index contributed by atoms with van der Waals surface area (Å²) in [5.41, 5.74) is 1.04. The summed E-state index contributed by atoms with van der Waals surface area (Å²) >= 11 is 0. The number of hydrogen-bond acceptors (Lipinski definition) is 3. The van der Waals surface area contributed by atoms with Gasteiger partial charge in [0.1, 0.15) is 0 Å². The fraction of sp³-hybridized carbons (Fsp3) is 0.667. The lowest BCUT2D eigenvalue weighted by atomic mass is 10.2. The molecule has 0 aliphatic carbocycles. The van der Waals surface area contributed by atoms with Crippen molar-refractivity contribution >= 4 is 5.91 Å². The Morgan fingerprint density at radius 3 is 2.71 bits per heavy atom. The molecule has 0 saturated carbocycles. The Labute approximate surface area is 103 Å². The molecule has 1 aromatic rings. The highest BCUT2D eigenvalue weighted by Gasteiger charge is 2.12. The van der Waals surface area contributed by atoms with E-state index in [0.717, 1.165) is 18.7 Å². The van der Waals surface area contributed by atoms with E-state index >= 15 is 0 Å². The predicted octanol–water partition coefficient (Wildman–Crippen LogP) is 0.465. The van der Waals surface area contributed by atoms with E-state index in [0.29, 0.717) is 0 Å². The number of carbonyl (C=O) groups is 1. The van der Waals surface area contributed by atoms with Gasteiger partial charge in [0, 0.05) is 32.3 Å². The minimum Gasteiger partial charge on any atom is -0.353 e. The number of amides is 1. The van der Waals surface area contributed by atoms with Crippen LogP contribution >= 0.6 is 0 Å². The molecule has 0 saturated heterocycles. The zero-order chi connectivity index (χ0) is 12.8. The van der Waals surface area contributed by atoms with Gasteiger partial charge in [0.05, 0.1) is 11.7 Å². The number of aryl methyl sites for hydroxylation is 1. The standard InChI is InChI=1S/C12H22N4O/c1-9(2)14-12(17)10(3)13-7-5-11-6-8-16(4)15-11/h6,8-10,13H,5,7H2,1-4H3,(H,14,17). The van der Waals surface area contributed by atoms with Crippen LogP contribution in [0.15, 0.2) is 12.3 Å². The van der Waals surface area contributed by atoms with Crippen LogP contribution in [0.5, 0.6) is 0 Å². The van der Waals surface area contributed by atoms with E-state index in [1.807, 2.05) is 40.1 Å². The molecule has 1 unspecified atom stereocenters. The van der Waals surface area contributed by atoms with E-state index in [4.69, 9.17) is 0 Å². The van der Waals surface area contributed by atoms with Gasteiger partial charge in [-0.1, -0.05) is 0 Å². The van der Waals surface area contributed by atoms with Crippen LogP contribution in [0.3, 0.4) is 0 Å². The minimum absolute atomic E-state index is 0.0426. The van der Waals surface area contributed by atoms with Crippen LogP contribution in [0.25, 0.3) is 0 Å². The molecule has 1 atom stereocenters. The Hall–Kier alpha value is -1.36. The first-order valence-electron chi connectivity index (χ1n) is 6.01. The van der Waals surface area contributed by atoms with Crippen molar-refractivity contribution in [3.63, 3.8) is 0 Å². The second-order valence-corrected chi connectivity index (χ2v) is 4.57. The maximum absolute atomic E-state index is 11.6. The summed E-state index contributed by atoms with van der Waals surface area (Å²) in [7, 11) is 1.90. The van der Waals surface area contributed by atoms with Crippen LogP contribution in [0.4, 0.5) is 0 Å². The number of rotatable bonds is 6. The molecule has 2 N–H and O–H groups in total. The fourth-order valence-corrected chi connectivity index (χ4v) is 1.52. The Balaban J connectivity index is 2.24. The van der Waals surface area contributed by atoms with Crippen molar-refractivity contribution < 1.29 is 4.79 Å². The van der Waals surface area contributed by atoms with Gasteiger partial charge in [-0.15, -0.1) is 0 Å². The number of carbonyl (C=O) groups excluding carboxylic acids is 1. The largest absolute Gasteiger partial charge is 0.353 e. The van der Waals surface area contributed by atoms with Crippen LogP contribution < -0.4 is 10.6 Å². The van der Waals surface area contributed by atoms with Crippen LogP contribution in [0.1, 0.15) is 26.5 Å². The van der Waals surface area contributed by atoms with Crippen LogP contribution in [0.2, 0.25) is 0 Å². The van der Waals surface area contributed by atoms with Gasteiger partial charge in [-0.05, 0) is 26.8 Å². The van der Waals surface area contributed by atoms with Gasteiger partial charge in [-0.3, -0.25) is 9.48 Å². The molecule has 0 aliphatic heterocycles. The fourth-order valence-electron chi connectivity index (χ4n) is 1.52. The molecule has 17 heavy (non-hydrogen) atoms. The van der Waals surface area contributed by atoms with Gasteiger partial charge in [0.25, 0.3) is 0 Å². The zero-order valence-corrected chi connectivity index (χ0v) is 11.0. The van der Waals surface area contributed by atoms with Crippen molar-refractivity contribution in [1.29, 1.82) is 0 Å². The second kappa shape index (κ2) is 6.39. The second-order valence-electron chi connectivity index (χ2n) is 4.57. The third-order valence-electron chi connectivity index (χ3n) is 2.42. The first-order valence-corrected chi connectivity index (χ1v) is 6.01. The molecular weight excluding hydrogens is 216 g/mol. The summed E-state index contributed by atoms with van der Waals surface area (Å²) in [6.07, 6.45) is 2.75. The van der Waals surface area contributed by atoms with Crippen LogP contribution in [-0.2, 0) is 18.3 Å². The summed E-state index contributed by atoms with van der Waals surface area (Å²) < 4.78 is 1.78. The van der Waals surface area contributed by atoms with Gasteiger partial charge < -0.3 is 10.6 Å². The molecule has 0 bridgehead atoms. The predicted molar refractivity (Wildman–Crippen MR) is 67.7 cm³/mol. The lowest BCUT2D eigenvalue weighted by molar-refractivity contribution is -0.123. The van der Waals surface area contributed by atoms with E-state index in [1.165, 1.54) is 0 Å². The van der Waals surface area contributed by atoms with E-state index < -0.39 is 0 Å². The minimum atomic E-state index is -0.166. The summed E-state index contributed by atoms with van der Waals surface area (Å²) in [6.45, 7) is 6.54. The van der Waals surface area contributed by atoms with Crippen LogP contribution in [-0.4, -0.2) is 34.3 Å². The highest BCUT2D eigenvalue weighted by Crippen LogP contribution is 1.94. The van der Waals surface area contributed by atoms with Crippen molar-refractivity contribution in [2.75, 3.05) is 6.54 Å². The van der Waals surface area contributed by atoms with Gasteiger partial charge >= 0.3 is 0 Å². The molecule has 5 heteroatoms. The molecule has 96 valence electrons. The van der Waals surface area contributed by atoms with Gasteiger partial charge in [-0.25, -0.2) is 0 Å². The molecule has 1 rings (SSSR count). The summed E-state index contributed by atoms with van der Waals surface area (Å²) in [4.78, 5) is 11.6. The number of hydrogen-bond donors (Lipinski definition) is 2. The maximum Gasteiger partial charge on any atom is 0.237 e. The van der Waals surface area contributed by atoms with Crippen LogP contribution in [0, 0.1) is 0 Å². The molecule has 1 amide bonds. The van der Waals surface area contributed by atoms with E-state index in [-0.39, 0.29) is 18.0 Å². The normalized spacial score (nSPS) is 12.8. The van der Waals surface area contributed by atoms with E-state index in [2.05, 4.69) is 15.7 Å². The van der Waals surface area contributed by atoms with Gasteiger partial charge in [0.15, 0.2) is 0 Å². The van der Waals surface area contributed by atoms with Crippen molar-refractivity contribution in [2.24, 2.45) is 7.05 Å². The van der Waals surface area contributed by atoms with Crippen molar-refractivity contribution in [3.05, 3.63) is 18.0 Å². The highest BCUT2D eigenvalue weighted by atomic mass is 16.2. The molecular formula is C12H22N4O. The smallest absolute Gasteiger partial charge is 0.237 e. The summed E-state index contributed by atoms with van der Waals surface area (Å²) in [5.74, 6) is 0.0426. The number of nitrogens with one attached hydrogen (secondary N) is 2. The quantitative estimate of drug-likeness (QED) is 0.757. The molecule has 0 radical (unpaired) electrons. The summed E-state index contributed by atoms with van der Waals surface area (Å²) in [5, 5.41) is 10.3. The average Bonchev–Trinajstić information content (AvgIpc) is 2.63. The Kier molecular flexibility index (Phi) is 5.15. The molecule has 5 nitrogen and oxygen atoms in total. The maximum atomic E-state index is 11.6. The third kappa shape index (κ3) is 4.99. The molecule has 0 fully saturated rings. The monoisotopic (exact) mass is 238 g/mol. The Bertz CT molecular complexity index is 359. The topological polar surface area (TPSA) is 59.0 Å². The van der Waals surface area contributed by atoms with Crippen molar-refractivity contribution in [3.8, 4) is 0 Å². The Morgan fingerprint density at radius 1 is 1.47 bits per heavy atom. The highest BCUT2D eigenvalue weighted by molar-refractivity contribution is 5.81.